The first-order valence-corrected chi connectivity index (χ1v) is 13.2. The van der Waals surface area contributed by atoms with Crippen LogP contribution in [0, 0.1) is 11.8 Å². The number of nitrogens with one attached hydrogen (secondary N) is 1. The van der Waals surface area contributed by atoms with Crippen LogP contribution in [0.3, 0.4) is 0 Å². The average molecular weight is 442 g/mol. The second kappa shape index (κ2) is 22.3. The molecule has 186 valence electrons. The Morgan fingerprint density at radius 3 is 1.65 bits per heavy atom. The number of hydrogen-bond donors (Lipinski definition) is 1. The number of Topliss-reactive ketones (excluding diaryl/α,β-unsaturated/α-hetero) is 1. The van der Waals surface area contributed by atoms with Gasteiger partial charge in [0.15, 0.2) is 0 Å². The van der Waals surface area contributed by atoms with E-state index in [0.717, 1.165) is 64.8 Å². The maximum atomic E-state index is 12.2. The predicted octanol–water partition coefficient (Wildman–Crippen LogP) is 5.38. The van der Waals surface area contributed by atoms with Gasteiger partial charge in [0.25, 0.3) is 0 Å². The van der Waals surface area contributed by atoms with Crippen molar-refractivity contribution in [2.75, 3.05) is 45.8 Å². The zero-order chi connectivity index (χ0) is 24.1. The third-order valence-corrected chi connectivity index (χ3v) is 6.04. The van der Waals surface area contributed by atoms with Crippen LogP contribution in [-0.4, -0.2) is 67.3 Å². The summed E-state index contributed by atoms with van der Waals surface area (Å²) in [7, 11) is 0. The SMILES string of the molecule is CC.CC.CCCC.CCN1CCN(CCCNC(=O)C2CCC(C(C)=O)CC2)CC1. The summed E-state index contributed by atoms with van der Waals surface area (Å²) in [5.41, 5.74) is 0. The fourth-order valence-corrected chi connectivity index (χ4v) is 3.75. The zero-order valence-electron chi connectivity index (χ0n) is 22.3. The first-order chi connectivity index (χ1) is 15.0. The van der Waals surface area contributed by atoms with Crippen LogP contribution < -0.4 is 5.32 Å². The maximum Gasteiger partial charge on any atom is 0.223 e. The molecule has 0 aromatic rings. The lowest BCUT2D eigenvalue weighted by Gasteiger charge is -2.34. The number of likely N-dealkylation sites (N-methyl/N-ethyl adjacent to an activating group) is 1. The van der Waals surface area contributed by atoms with E-state index in [9.17, 15) is 9.59 Å². The molecule has 0 aromatic carbocycles. The van der Waals surface area contributed by atoms with Crippen molar-refractivity contribution in [1.82, 2.24) is 15.1 Å². The van der Waals surface area contributed by atoms with Gasteiger partial charge in [-0.3, -0.25) is 9.59 Å². The quantitative estimate of drug-likeness (QED) is 0.514. The number of hydrogen-bond acceptors (Lipinski definition) is 4. The minimum Gasteiger partial charge on any atom is -0.356 e. The second-order valence-electron chi connectivity index (χ2n) is 8.08. The first-order valence-electron chi connectivity index (χ1n) is 13.2. The lowest BCUT2D eigenvalue weighted by molar-refractivity contribution is -0.128. The molecular weight excluding hydrogens is 386 g/mol. The lowest BCUT2D eigenvalue weighted by atomic mass is 9.80. The van der Waals surface area contributed by atoms with Crippen molar-refractivity contribution in [2.24, 2.45) is 11.8 Å². The molecule has 1 amide bonds. The van der Waals surface area contributed by atoms with E-state index in [1.807, 2.05) is 27.7 Å². The summed E-state index contributed by atoms with van der Waals surface area (Å²) >= 11 is 0. The molecule has 0 aromatic heterocycles. The van der Waals surface area contributed by atoms with E-state index in [2.05, 4.69) is 35.9 Å². The van der Waals surface area contributed by atoms with Gasteiger partial charge in [0.2, 0.25) is 5.91 Å². The number of ketones is 1. The van der Waals surface area contributed by atoms with Crippen LogP contribution >= 0.6 is 0 Å². The van der Waals surface area contributed by atoms with Gasteiger partial charge < -0.3 is 15.1 Å². The smallest absolute Gasteiger partial charge is 0.223 e. The van der Waals surface area contributed by atoms with Crippen LogP contribution in [-0.2, 0) is 9.59 Å². The normalized spacial score (nSPS) is 21.3. The summed E-state index contributed by atoms with van der Waals surface area (Å²) in [5, 5.41) is 3.10. The summed E-state index contributed by atoms with van der Waals surface area (Å²) in [6.45, 7) is 23.9. The Labute approximate surface area is 194 Å². The molecule has 1 N–H and O–H groups in total. The molecule has 1 saturated carbocycles. The topological polar surface area (TPSA) is 52.6 Å². The highest BCUT2D eigenvalue weighted by Crippen LogP contribution is 2.29. The number of nitrogens with zero attached hydrogens (tertiary/aromatic N) is 2. The van der Waals surface area contributed by atoms with Gasteiger partial charge in [-0.2, -0.15) is 0 Å². The Bertz CT molecular complexity index is 411. The lowest BCUT2D eigenvalue weighted by Crippen LogP contribution is -2.46. The minimum absolute atomic E-state index is 0.124. The number of rotatable bonds is 8. The Hall–Kier alpha value is -0.940. The summed E-state index contributed by atoms with van der Waals surface area (Å²) in [5.74, 6) is 0.800. The van der Waals surface area contributed by atoms with Crippen molar-refractivity contribution < 1.29 is 9.59 Å². The van der Waals surface area contributed by atoms with Crippen molar-refractivity contribution in [3.8, 4) is 0 Å². The monoisotopic (exact) mass is 441 g/mol. The highest BCUT2D eigenvalue weighted by molar-refractivity contribution is 5.80. The molecule has 5 heteroatoms. The fourth-order valence-electron chi connectivity index (χ4n) is 3.75. The molecule has 0 spiro atoms. The molecule has 1 heterocycles. The second-order valence-corrected chi connectivity index (χ2v) is 8.08. The molecule has 0 atom stereocenters. The van der Waals surface area contributed by atoms with Crippen molar-refractivity contribution in [2.45, 2.75) is 100 Å². The Balaban J connectivity index is 0. The molecule has 1 aliphatic heterocycles. The number of carbonyl (C=O) groups excluding carboxylic acids is 2. The molecule has 1 aliphatic carbocycles. The van der Waals surface area contributed by atoms with Crippen molar-refractivity contribution in [3.63, 3.8) is 0 Å². The van der Waals surface area contributed by atoms with E-state index in [4.69, 9.17) is 0 Å². The van der Waals surface area contributed by atoms with Crippen molar-refractivity contribution in [1.29, 1.82) is 0 Å². The van der Waals surface area contributed by atoms with E-state index in [-0.39, 0.29) is 23.5 Å². The van der Waals surface area contributed by atoms with Crippen LogP contribution in [0.15, 0.2) is 0 Å². The molecule has 1 saturated heterocycles. The molecule has 2 rings (SSSR count). The predicted molar refractivity (Wildman–Crippen MR) is 136 cm³/mol. The Morgan fingerprint density at radius 2 is 1.23 bits per heavy atom. The van der Waals surface area contributed by atoms with Crippen LogP contribution in [0.25, 0.3) is 0 Å². The molecule has 2 fully saturated rings. The maximum absolute atomic E-state index is 12.2. The highest BCUT2D eigenvalue weighted by Gasteiger charge is 2.28. The minimum atomic E-state index is 0.124. The summed E-state index contributed by atoms with van der Waals surface area (Å²) in [6, 6.07) is 0. The summed E-state index contributed by atoms with van der Waals surface area (Å²) < 4.78 is 0. The van der Waals surface area contributed by atoms with Gasteiger partial charge >= 0.3 is 0 Å². The van der Waals surface area contributed by atoms with Crippen LogP contribution in [0.2, 0.25) is 0 Å². The van der Waals surface area contributed by atoms with E-state index in [1.54, 1.807) is 6.92 Å². The highest BCUT2D eigenvalue weighted by atomic mass is 16.2. The molecule has 0 bridgehead atoms. The van der Waals surface area contributed by atoms with Gasteiger partial charge in [0.1, 0.15) is 5.78 Å². The first kappa shape index (κ1) is 32.2. The molecular formula is C26H55N3O2. The largest absolute Gasteiger partial charge is 0.356 e. The third-order valence-electron chi connectivity index (χ3n) is 6.04. The zero-order valence-corrected chi connectivity index (χ0v) is 22.3. The third kappa shape index (κ3) is 15.5. The standard InChI is InChI=1S/C18H33N3O2.C4H10.2C2H6/c1-3-20-11-13-21(14-12-20)10-4-9-19-18(23)17-7-5-16(6-8-17)15(2)22;1-3-4-2;2*1-2/h16-17H,3-14H2,1-2H3,(H,19,23);3-4H2,1-2H3;2*1-2H3. The van der Waals surface area contributed by atoms with E-state index >= 15 is 0 Å². The van der Waals surface area contributed by atoms with E-state index in [0.29, 0.717) is 0 Å². The molecule has 31 heavy (non-hydrogen) atoms. The number of unbranched alkanes of at least 4 members (excludes halogenated alkanes) is 1. The van der Waals surface area contributed by atoms with Crippen LogP contribution in [0.5, 0.6) is 0 Å². The summed E-state index contributed by atoms with van der Waals surface area (Å²) in [6.07, 6.45) is 7.18. The molecule has 0 unspecified atom stereocenters. The Kier molecular flexibility index (Phi) is 23.2. The summed E-state index contributed by atoms with van der Waals surface area (Å²) in [4.78, 5) is 28.5. The van der Waals surface area contributed by atoms with Crippen molar-refractivity contribution >= 4 is 11.7 Å². The Morgan fingerprint density at radius 1 is 0.774 bits per heavy atom. The van der Waals surface area contributed by atoms with Crippen LogP contribution in [0.4, 0.5) is 0 Å². The number of amides is 1. The van der Waals surface area contributed by atoms with Gasteiger partial charge in [0, 0.05) is 44.6 Å². The average Bonchev–Trinajstić information content (AvgIpc) is 2.84. The fraction of sp³-hybridized carbons (Fsp3) is 0.923. The van der Waals surface area contributed by atoms with Gasteiger partial charge in [-0.05, 0) is 52.1 Å². The number of carbonyl (C=O) groups is 2. The van der Waals surface area contributed by atoms with Gasteiger partial charge in [-0.15, -0.1) is 0 Å². The molecule has 0 radical (unpaired) electrons. The molecule has 2 aliphatic rings. The van der Waals surface area contributed by atoms with Crippen LogP contribution in [0.1, 0.15) is 100 Å². The van der Waals surface area contributed by atoms with Crippen molar-refractivity contribution in [3.05, 3.63) is 0 Å². The van der Waals surface area contributed by atoms with Gasteiger partial charge in [0.05, 0.1) is 0 Å². The van der Waals surface area contributed by atoms with Gasteiger partial charge in [-0.25, -0.2) is 0 Å². The van der Waals surface area contributed by atoms with E-state index in [1.165, 1.54) is 25.9 Å². The van der Waals surface area contributed by atoms with E-state index < -0.39 is 0 Å². The molecule has 5 nitrogen and oxygen atoms in total. The number of piperazine rings is 1. The van der Waals surface area contributed by atoms with Gasteiger partial charge in [-0.1, -0.05) is 61.3 Å².